The quantitative estimate of drug-likeness (QED) is 0.908. The predicted octanol–water partition coefficient (Wildman–Crippen LogP) is 2.92. The van der Waals surface area contributed by atoms with Crippen LogP contribution in [-0.4, -0.2) is 21.8 Å². The van der Waals surface area contributed by atoms with Crippen molar-refractivity contribution in [2.24, 2.45) is 5.92 Å². The van der Waals surface area contributed by atoms with Gasteiger partial charge in [-0.15, -0.1) is 11.3 Å². The van der Waals surface area contributed by atoms with Crippen LogP contribution in [-0.2, 0) is 4.79 Å². The van der Waals surface area contributed by atoms with Gasteiger partial charge in [-0.3, -0.25) is 14.9 Å². The molecule has 7 heteroatoms. The SMILES string of the molecule is O=C(Nc1nccs1)c1ncccc1NC(=O)C1CCCC1. The van der Waals surface area contributed by atoms with Gasteiger partial charge in [0.05, 0.1) is 5.69 Å². The lowest BCUT2D eigenvalue weighted by Crippen LogP contribution is -2.23. The normalized spacial score (nSPS) is 14.7. The zero-order valence-corrected chi connectivity index (χ0v) is 12.7. The summed E-state index contributed by atoms with van der Waals surface area (Å²) < 4.78 is 0. The number of amides is 2. The number of anilines is 2. The Morgan fingerprint density at radius 3 is 2.68 bits per heavy atom. The molecule has 6 nitrogen and oxygen atoms in total. The number of pyridine rings is 1. The van der Waals surface area contributed by atoms with Crippen LogP contribution in [0.15, 0.2) is 29.9 Å². The summed E-state index contributed by atoms with van der Waals surface area (Å²) in [5.74, 6) is -0.374. The average Bonchev–Trinajstić information content (AvgIpc) is 3.21. The minimum Gasteiger partial charge on any atom is -0.324 e. The van der Waals surface area contributed by atoms with E-state index in [4.69, 9.17) is 0 Å². The molecule has 0 spiro atoms. The molecular formula is C15H16N4O2S. The second-order valence-electron chi connectivity index (χ2n) is 5.16. The highest BCUT2D eigenvalue weighted by Gasteiger charge is 2.24. The van der Waals surface area contributed by atoms with Gasteiger partial charge in [0, 0.05) is 23.7 Å². The van der Waals surface area contributed by atoms with Crippen molar-refractivity contribution in [1.82, 2.24) is 9.97 Å². The fourth-order valence-electron chi connectivity index (χ4n) is 2.55. The number of carbonyl (C=O) groups excluding carboxylic acids is 2. The van der Waals surface area contributed by atoms with Gasteiger partial charge >= 0.3 is 0 Å². The van der Waals surface area contributed by atoms with Crippen molar-refractivity contribution in [3.8, 4) is 0 Å². The third-order valence-corrected chi connectivity index (χ3v) is 4.35. The van der Waals surface area contributed by atoms with E-state index in [1.54, 1.807) is 23.7 Å². The molecule has 2 heterocycles. The van der Waals surface area contributed by atoms with Gasteiger partial charge in [0.25, 0.3) is 5.91 Å². The highest BCUT2D eigenvalue weighted by molar-refractivity contribution is 7.13. The number of nitrogens with one attached hydrogen (secondary N) is 2. The Kier molecular flexibility index (Phi) is 4.43. The van der Waals surface area contributed by atoms with Crippen LogP contribution in [0.5, 0.6) is 0 Å². The number of hydrogen-bond acceptors (Lipinski definition) is 5. The third-order valence-electron chi connectivity index (χ3n) is 3.66. The molecule has 22 heavy (non-hydrogen) atoms. The zero-order valence-electron chi connectivity index (χ0n) is 11.9. The second-order valence-corrected chi connectivity index (χ2v) is 6.06. The smallest absolute Gasteiger partial charge is 0.278 e. The zero-order chi connectivity index (χ0) is 15.4. The van der Waals surface area contributed by atoms with Gasteiger partial charge in [-0.2, -0.15) is 0 Å². The van der Waals surface area contributed by atoms with Gasteiger partial charge in [-0.1, -0.05) is 12.8 Å². The van der Waals surface area contributed by atoms with Gasteiger partial charge in [-0.05, 0) is 25.0 Å². The maximum atomic E-state index is 12.3. The van der Waals surface area contributed by atoms with Gasteiger partial charge in [0.15, 0.2) is 10.8 Å². The molecule has 1 aliphatic rings. The van der Waals surface area contributed by atoms with Crippen molar-refractivity contribution in [1.29, 1.82) is 0 Å². The van der Waals surface area contributed by atoms with Crippen molar-refractivity contribution in [2.75, 3.05) is 10.6 Å². The molecule has 2 aromatic heterocycles. The van der Waals surface area contributed by atoms with Gasteiger partial charge < -0.3 is 5.32 Å². The standard InChI is InChI=1S/C15H16N4O2S/c20-13(10-4-1-2-5-10)18-11-6-3-7-16-12(11)14(21)19-15-17-8-9-22-15/h3,6-10H,1-2,4-5H2,(H,18,20)(H,17,19,21). The van der Waals surface area contributed by atoms with Crippen LogP contribution in [0.2, 0.25) is 0 Å². The Hall–Kier alpha value is -2.28. The Morgan fingerprint density at radius 2 is 1.95 bits per heavy atom. The maximum absolute atomic E-state index is 12.3. The van der Waals surface area contributed by atoms with E-state index >= 15 is 0 Å². The largest absolute Gasteiger partial charge is 0.324 e. The van der Waals surface area contributed by atoms with Crippen molar-refractivity contribution >= 4 is 34.0 Å². The summed E-state index contributed by atoms with van der Waals surface area (Å²) in [4.78, 5) is 32.6. The van der Waals surface area contributed by atoms with Crippen LogP contribution in [0.4, 0.5) is 10.8 Å². The van der Waals surface area contributed by atoms with Crippen molar-refractivity contribution in [3.63, 3.8) is 0 Å². The Bertz CT molecular complexity index is 666. The Balaban J connectivity index is 1.74. The number of hydrogen-bond donors (Lipinski definition) is 2. The molecule has 1 aliphatic carbocycles. The second kappa shape index (κ2) is 6.65. The van der Waals surface area contributed by atoms with Gasteiger partial charge in [-0.25, -0.2) is 9.97 Å². The van der Waals surface area contributed by atoms with E-state index in [1.165, 1.54) is 17.5 Å². The molecule has 1 saturated carbocycles. The molecule has 0 saturated heterocycles. The third kappa shape index (κ3) is 3.30. The van der Waals surface area contributed by atoms with E-state index in [0.717, 1.165) is 25.7 Å². The number of rotatable bonds is 4. The molecular weight excluding hydrogens is 300 g/mol. The van der Waals surface area contributed by atoms with Crippen LogP contribution < -0.4 is 10.6 Å². The minimum absolute atomic E-state index is 0.0335. The summed E-state index contributed by atoms with van der Waals surface area (Å²) in [7, 11) is 0. The fourth-order valence-corrected chi connectivity index (χ4v) is 3.08. The van der Waals surface area contributed by atoms with E-state index in [-0.39, 0.29) is 23.4 Å². The van der Waals surface area contributed by atoms with Crippen molar-refractivity contribution < 1.29 is 9.59 Å². The summed E-state index contributed by atoms with van der Waals surface area (Å²) in [5.41, 5.74) is 0.637. The highest BCUT2D eigenvalue weighted by atomic mass is 32.1. The lowest BCUT2D eigenvalue weighted by molar-refractivity contribution is -0.119. The topological polar surface area (TPSA) is 84.0 Å². The maximum Gasteiger partial charge on any atom is 0.278 e. The molecule has 3 rings (SSSR count). The van der Waals surface area contributed by atoms with Crippen LogP contribution in [0.3, 0.4) is 0 Å². The molecule has 2 aromatic rings. The monoisotopic (exact) mass is 316 g/mol. The summed E-state index contributed by atoms with van der Waals surface area (Å²) in [5, 5.41) is 7.79. The molecule has 0 aromatic carbocycles. The first-order valence-corrected chi connectivity index (χ1v) is 8.09. The van der Waals surface area contributed by atoms with Crippen LogP contribution in [0, 0.1) is 5.92 Å². The number of thiazole rings is 1. The molecule has 2 amide bonds. The average molecular weight is 316 g/mol. The predicted molar refractivity (Wildman–Crippen MR) is 84.9 cm³/mol. The first-order valence-electron chi connectivity index (χ1n) is 7.21. The molecule has 0 aliphatic heterocycles. The summed E-state index contributed by atoms with van der Waals surface area (Å²) >= 11 is 1.33. The van der Waals surface area contributed by atoms with Gasteiger partial charge in [0.1, 0.15) is 0 Å². The first-order chi connectivity index (χ1) is 10.7. The van der Waals surface area contributed by atoms with Crippen molar-refractivity contribution in [3.05, 3.63) is 35.6 Å². The summed E-state index contributed by atoms with van der Waals surface area (Å²) in [6, 6.07) is 3.39. The minimum atomic E-state index is -0.378. The Morgan fingerprint density at radius 1 is 1.14 bits per heavy atom. The van der Waals surface area contributed by atoms with E-state index in [2.05, 4.69) is 20.6 Å². The van der Waals surface area contributed by atoms with Crippen LogP contribution >= 0.6 is 11.3 Å². The van der Waals surface area contributed by atoms with E-state index in [1.807, 2.05) is 0 Å². The van der Waals surface area contributed by atoms with E-state index in [0.29, 0.717) is 10.8 Å². The van der Waals surface area contributed by atoms with Crippen LogP contribution in [0.1, 0.15) is 36.2 Å². The molecule has 0 unspecified atom stereocenters. The number of carbonyl (C=O) groups is 2. The summed E-state index contributed by atoms with van der Waals surface area (Å²) in [6.45, 7) is 0. The Labute approximate surface area is 132 Å². The van der Waals surface area contributed by atoms with E-state index < -0.39 is 0 Å². The molecule has 2 N–H and O–H groups in total. The lowest BCUT2D eigenvalue weighted by atomic mass is 10.1. The molecule has 0 bridgehead atoms. The molecule has 1 fully saturated rings. The molecule has 0 atom stereocenters. The van der Waals surface area contributed by atoms with Crippen molar-refractivity contribution in [2.45, 2.75) is 25.7 Å². The summed E-state index contributed by atoms with van der Waals surface area (Å²) in [6.07, 6.45) is 7.13. The first kappa shape index (κ1) is 14.6. The fraction of sp³-hybridized carbons (Fsp3) is 0.333. The van der Waals surface area contributed by atoms with Gasteiger partial charge in [0.2, 0.25) is 5.91 Å². The highest BCUT2D eigenvalue weighted by Crippen LogP contribution is 2.26. The number of aromatic nitrogens is 2. The lowest BCUT2D eigenvalue weighted by Gasteiger charge is -2.12. The molecule has 0 radical (unpaired) electrons. The number of nitrogens with zero attached hydrogens (tertiary/aromatic N) is 2. The van der Waals surface area contributed by atoms with E-state index in [9.17, 15) is 9.59 Å². The van der Waals surface area contributed by atoms with Crippen LogP contribution in [0.25, 0.3) is 0 Å². The molecule has 114 valence electrons.